The van der Waals surface area contributed by atoms with Crippen LogP contribution in [-0.2, 0) is 25.5 Å². The quantitative estimate of drug-likeness (QED) is 0.0575. The summed E-state index contributed by atoms with van der Waals surface area (Å²) in [4.78, 5) is 44.1. The highest BCUT2D eigenvalue weighted by Crippen LogP contribution is 2.78. The Kier molecular flexibility index (Phi) is 15.5. The van der Waals surface area contributed by atoms with Gasteiger partial charge in [0.15, 0.2) is 6.29 Å². The molecule has 0 radical (unpaired) electrons. The van der Waals surface area contributed by atoms with E-state index < -0.39 is 136 Å². The van der Waals surface area contributed by atoms with Gasteiger partial charge in [-0.1, -0.05) is 46.3 Å². The van der Waals surface area contributed by atoms with Crippen molar-refractivity contribution in [3.63, 3.8) is 0 Å². The number of allylic oxidation sites excluding steroid dienone is 2. The third-order valence-electron chi connectivity index (χ3n) is 22.4. The first kappa shape index (κ1) is 56.3. The molecular formula is C55H86N6O14. The fraction of sp³-hybridized carbons (Fsp3) is 0.818. The SMILES string of the molecule is C[C@]1(CO)CC[C@]2(C(=O)O)C[C@@H](Cc3cnc[nH]3)[C@]3(C)C(=CC[C@@H]4[C@@]5(C)[C@H](C[C@H]6[C@H]([C@H](CC[C@@H](N)O)c7cnc[nH]7)NC(=O)[C@]6(CO)CCCO)[C@@H](O)[C@@H](O[C@@H]6OC[C@@H](O)[C@H](O)[C@H]6O)[C@@](C)(CO)[C@H]5CC[C@]43C)[C@@H]2C1. The van der Waals surface area contributed by atoms with Crippen LogP contribution in [0.15, 0.2) is 36.7 Å². The number of nitrogens with two attached hydrogens (primary N) is 1. The number of carboxylic acids is 1. The summed E-state index contributed by atoms with van der Waals surface area (Å²) in [5, 5.41) is 117. The van der Waals surface area contributed by atoms with Crippen LogP contribution in [0.4, 0.5) is 0 Å². The largest absolute Gasteiger partial charge is 0.481 e. The molecule has 0 unspecified atom stereocenters. The number of carboxylic acid groups (broad SMARTS) is 1. The first-order chi connectivity index (χ1) is 35.5. The van der Waals surface area contributed by atoms with E-state index in [2.05, 4.69) is 52.1 Å². The number of aromatic nitrogens is 4. The Balaban J connectivity index is 1.24. The number of nitrogens with one attached hydrogen (secondary N) is 3. The van der Waals surface area contributed by atoms with Crippen LogP contribution in [0.2, 0.25) is 0 Å². The first-order valence-corrected chi connectivity index (χ1v) is 27.6. The summed E-state index contributed by atoms with van der Waals surface area (Å²) in [5.74, 6) is -4.60. The lowest BCUT2D eigenvalue weighted by Crippen LogP contribution is -2.73. The Hall–Kier alpha value is -3.38. The number of nitrogens with zero attached hydrogens (tertiary/aromatic N) is 2. The number of rotatable bonds is 18. The molecule has 20 heteroatoms. The fourth-order valence-electron chi connectivity index (χ4n) is 18.0. The Labute approximate surface area is 439 Å². The van der Waals surface area contributed by atoms with Crippen LogP contribution in [0.5, 0.6) is 0 Å². The van der Waals surface area contributed by atoms with Crippen molar-refractivity contribution < 1.29 is 70.1 Å². The van der Waals surface area contributed by atoms with Gasteiger partial charge in [-0.25, -0.2) is 9.97 Å². The third kappa shape index (κ3) is 8.69. The molecule has 2 aliphatic heterocycles. The molecule has 9 rings (SSSR count). The molecule has 4 saturated carbocycles. The molecule has 2 saturated heterocycles. The lowest BCUT2D eigenvalue weighted by molar-refractivity contribution is -0.341. The number of ether oxygens (including phenoxy) is 2. The highest BCUT2D eigenvalue weighted by atomic mass is 16.7. The zero-order valence-electron chi connectivity index (χ0n) is 44.4. The smallest absolute Gasteiger partial charge is 0.310 e. The summed E-state index contributed by atoms with van der Waals surface area (Å²) < 4.78 is 12.6. The van der Waals surface area contributed by atoms with E-state index in [-0.39, 0.29) is 63.3 Å². The van der Waals surface area contributed by atoms with Gasteiger partial charge in [-0.05, 0) is 141 Å². The molecule has 6 fully saturated rings. The van der Waals surface area contributed by atoms with Crippen molar-refractivity contribution in [2.24, 2.45) is 79.1 Å². The number of fused-ring (bicyclic) bond motifs is 7. The van der Waals surface area contributed by atoms with Crippen LogP contribution in [0.1, 0.15) is 129 Å². The van der Waals surface area contributed by atoms with Crippen LogP contribution >= 0.6 is 0 Å². The van der Waals surface area contributed by atoms with Crippen LogP contribution in [0.3, 0.4) is 0 Å². The van der Waals surface area contributed by atoms with Crippen molar-refractivity contribution in [2.45, 2.75) is 173 Å². The van der Waals surface area contributed by atoms with Crippen molar-refractivity contribution in [2.75, 3.05) is 33.0 Å². The monoisotopic (exact) mass is 1050 g/mol. The molecule has 0 spiro atoms. The molecule has 7 aliphatic rings. The van der Waals surface area contributed by atoms with Gasteiger partial charge in [-0.2, -0.15) is 0 Å². The summed E-state index contributed by atoms with van der Waals surface area (Å²) in [6.45, 7) is 9.00. The number of imidazole rings is 2. The number of aliphatic hydroxyl groups is 9. The number of aromatic amines is 2. The molecule has 15 N–H and O–H groups in total. The number of aliphatic hydroxyl groups excluding tert-OH is 9. The maximum Gasteiger partial charge on any atom is 0.310 e. The fourth-order valence-corrected chi connectivity index (χ4v) is 18.0. The summed E-state index contributed by atoms with van der Waals surface area (Å²) >= 11 is 0. The van der Waals surface area contributed by atoms with Crippen LogP contribution in [-0.4, -0.2) is 165 Å². The summed E-state index contributed by atoms with van der Waals surface area (Å²) in [6.07, 6.45) is 3.59. The second-order valence-electron chi connectivity index (χ2n) is 25.7. The molecule has 20 nitrogen and oxygen atoms in total. The molecular weight excluding hydrogens is 969 g/mol. The van der Waals surface area contributed by atoms with Gasteiger partial charge in [0.05, 0.1) is 55.5 Å². The van der Waals surface area contributed by atoms with Gasteiger partial charge in [0, 0.05) is 54.4 Å². The van der Waals surface area contributed by atoms with Crippen molar-refractivity contribution in [1.29, 1.82) is 0 Å². The van der Waals surface area contributed by atoms with E-state index in [1.165, 1.54) is 6.33 Å². The van der Waals surface area contributed by atoms with E-state index in [1.54, 1.807) is 18.7 Å². The molecule has 75 heavy (non-hydrogen) atoms. The second-order valence-corrected chi connectivity index (χ2v) is 25.7. The van der Waals surface area contributed by atoms with Crippen LogP contribution in [0, 0.1) is 73.4 Å². The van der Waals surface area contributed by atoms with Gasteiger partial charge >= 0.3 is 5.97 Å². The minimum atomic E-state index is -1.72. The Morgan fingerprint density at radius 1 is 0.893 bits per heavy atom. The minimum Gasteiger partial charge on any atom is -0.481 e. The number of hydrogen-bond acceptors (Lipinski definition) is 16. The topological polar surface area (TPSA) is 350 Å². The lowest BCUT2D eigenvalue weighted by atomic mass is 9.30. The molecule has 4 heterocycles. The average Bonchev–Trinajstić information content (AvgIpc) is 4.17. The van der Waals surface area contributed by atoms with Gasteiger partial charge in [0.1, 0.15) is 24.5 Å². The summed E-state index contributed by atoms with van der Waals surface area (Å²) in [7, 11) is 0. The van der Waals surface area contributed by atoms with Crippen molar-refractivity contribution >= 4 is 11.9 Å². The molecule has 0 bridgehead atoms. The van der Waals surface area contributed by atoms with E-state index in [0.29, 0.717) is 63.5 Å². The molecule has 420 valence electrons. The number of carbonyl (C=O) groups is 2. The molecule has 22 atom stereocenters. The van der Waals surface area contributed by atoms with Gasteiger partial charge in [-0.15, -0.1) is 0 Å². The van der Waals surface area contributed by atoms with Crippen molar-refractivity contribution in [3.8, 4) is 0 Å². The standard InChI is InChI=1S/C55H86N6O14/c1-49(24-63)14-15-54(48(72)73)19-29(17-30-21-57-27-59-30)53(5)32(35(54)20-49)8-9-39-51(53,3)13-11-38-50(2,25-64)45(75-46-44(70)43(69)37(66)23-74-46)42(68)34(52(38,39)4)18-33-41(61-47(71)55(33,26-65)12-6-16-62)31(7-10-40(56)67)36-22-58-28-60-36/h8,21-22,27-29,31,33-35,37-46,62-70H,6-7,9-20,23-26,56H2,1-5H3,(H,57,59)(H,58,60)(H,61,71)(H,72,73)/t29-,31-,33+,34-,35+,37-,38-,39+,40+,41+,42-,43+,44-,45-,46+,49+,50+,51-,52+,53-,54+,55+/m1/s1. The number of hydrogen-bond donors (Lipinski definition) is 14. The second kappa shape index (κ2) is 20.7. The maximum absolute atomic E-state index is 14.9. The zero-order valence-corrected chi connectivity index (χ0v) is 44.4. The van der Waals surface area contributed by atoms with Crippen molar-refractivity contribution in [1.82, 2.24) is 25.3 Å². The number of aliphatic carboxylic acids is 1. The van der Waals surface area contributed by atoms with E-state index >= 15 is 0 Å². The maximum atomic E-state index is 14.9. The van der Waals surface area contributed by atoms with Gasteiger partial charge in [0.2, 0.25) is 5.91 Å². The van der Waals surface area contributed by atoms with Crippen LogP contribution < -0.4 is 11.1 Å². The van der Waals surface area contributed by atoms with E-state index in [4.69, 9.17) is 15.2 Å². The van der Waals surface area contributed by atoms with Gasteiger partial charge < -0.3 is 81.6 Å². The highest BCUT2D eigenvalue weighted by molar-refractivity contribution is 5.86. The number of carbonyl (C=O) groups excluding carboxylic acids is 1. The molecule has 0 aromatic carbocycles. The number of H-pyrrole nitrogens is 2. The zero-order chi connectivity index (χ0) is 54.3. The predicted octanol–water partition coefficient (Wildman–Crippen LogP) is 1.85. The molecule has 2 aromatic heterocycles. The summed E-state index contributed by atoms with van der Waals surface area (Å²) in [6, 6.07) is -0.721. The molecule has 1 amide bonds. The first-order valence-electron chi connectivity index (χ1n) is 27.6. The van der Waals surface area contributed by atoms with E-state index in [0.717, 1.165) is 11.3 Å². The van der Waals surface area contributed by atoms with Gasteiger partial charge in [0.25, 0.3) is 0 Å². The van der Waals surface area contributed by atoms with Crippen molar-refractivity contribution in [3.05, 3.63) is 48.1 Å². The summed E-state index contributed by atoms with van der Waals surface area (Å²) in [5.41, 5.74) is 2.09. The van der Waals surface area contributed by atoms with E-state index in [9.17, 15) is 60.7 Å². The lowest BCUT2D eigenvalue weighted by Gasteiger charge is -2.74. The highest BCUT2D eigenvalue weighted by Gasteiger charge is 2.75. The normalized spacial score (nSPS) is 46.4. The number of amides is 1. The minimum absolute atomic E-state index is 0.0768. The molecule has 2 aromatic rings. The Bertz CT molecular complexity index is 2360. The van der Waals surface area contributed by atoms with E-state index in [1.807, 2.05) is 13.8 Å². The predicted molar refractivity (Wildman–Crippen MR) is 270 cm³/mol. The van der Waals surface area contributed by atoms with Crippen LogP contribution in [0.25, 0.3) is 0 Å². The average molecular weight is 1060 g/mol. The Morgan fingerprint density at radius 3 is 2.25 bits per heavy atom. The van der Waals surface area contributed by atoms with Gasteiger partial charge in [-0.3, -0.25) is 9.59 Å². The molecule has 5 aliphatic carbocycles. The third-order valence-corrected chi connectivity index (χ3v) is 22.4. The Morgan fingerprint density at radius 2 is 1.63 bits per heavy atom.